The summed E-state index contributed by atoms with van der Waals surface area (Å²) in [5, 5.41) is 2.04. The van der Waals surface area contributed by atoms with Gasteiger partial charge in [-0.15, -0.1) is 22.7 Å². The Kier molecular flexibility index (Phi) is 3.09. The number of halogens is 1. The Hall–Kier alpha value is -1.34. The van der Waals surface area contributed by atoms with Crippen LogP contribution in [0.25, 0.3) is 9.40 Å². The molecule has 0 aliphatic carbocycles. The standard InChI is InChI=1S/C12H10FN3S2/c13-8-6-15-3-1-7(8)12(16-14)11-5-10-9(18-11)2-4-17-10/h1-6,12,16H,14H2. The molecule has 1 unspecified atom stereocenters. The van der Waals surface area contributed by atoms with Gasteiger partial charge in [0.1, 0.15) is 5.82 Å². The van der Waals surface area contributed by atoms with E-state index in [-0.39, 0.29) is 11.9 Å². The van der Waals surface area contributed by atoms with Gasteiger partial charge in [-0.3, -0.25) is 10.8 Å². The fourth-order valence-electron chi connectivity index (χ4n) is 1.87. The topological polar surface area (TPSA) is 50.9 Å². The number of thiophene rings is 2. The summed E-state index contributed by atoms with van der Waals surface area (Å²) < 4.78 is 16.1. The Morgan fingerprint density at radius 1 is 1.33 bits per heavy atom. The highest BCUT2D eigenvalue weighted by molar-refractivity contribution is 7.27. The van der Waals surface area contributed by atoms with Crippen LogP contribution in [0, 0.1) is 5.82 Å². The quantitative estimate of drug-likeness (QED) is 0.572. The zero-order chi connectivity index (χ0) is 12.5. The smallest absolute Gasteiger partial charge is 0.146 e. The predicted octanol–water partition coefficient (Wildman–Crippen LogP) is 3.05. The maximum absolute atomic E-state index is 13.7. The van der Waals surface area contributed by atoms with Gasteiger partial charge in [0.15, 0.2) is 0 Å². The van der Waals surface area contributed by atoms with Crippen LogP contribution in [0.1, 0.15) is 16.5 Å². The zero-order valence-corrected chi connectivity index (χ0v) is 10.9. The lowest BCUT2D eigenvalue weighted by atomic mass is 10.1. The molecule has 0 aliphatic rings. The van der Waals surface area contributed by atoms with Crippen LogP contribution in [-0.4, -0.2) is 4.98 Å². The first-order valence-electron chi connectivity index (χ1n) is 5.32. The molecule has 3 aromatic heterocycles. The van der Waals surface area contributed by atoms with Gasteiger partial charge in [0.05, 0.1) is 12.2 Å². The lowest BCUT2D eigenvalue weighted by Gasteiger charge is -2.14. The maximum Gasteiger partial charge on any atom is 0.146 e. The van der Waals surface area contributed by atoms with Gasteiger partial charge in [-0.2, -0.15) is 0 Å². The number of hydrogen-bond donors (Lipinski definition) is 2. The van der Waals surface area contributed by atoms with E-state index in [2.05, 4.69) is 22.5 Å². The molecule has 18 heavy (non-hydrogen) atoms. The van der Waals surface area contributed by atoms with E-state index in [4.69, 9.17) is 5.84 Å². The van der Waals surface area contributed by atoms with Crippen molar-refractivity contribution in [3.63, 3.8) is 0 Å². The van der Waals surface area contributed by atoms with Crippen molar-refractivity contribution in [2.24, 2.45) is 5.84 Å². The van der Waals surface area contributed by atoms with Crippen LogP contribution >= 0.6 is 22.7 Å². The number of hydrazine groups is 1. The van der Waals surface area contributed by atoms with Gasteiger partial charge < -0.3 is 0 Å². The van der Waals surface area contributed by atoms with E-state index in [9.17, 15) is 4.39 Å². The van der Waals surface area contributed by atoms with Gasteiger partial charge in [-0.1, -0.05) is 0 Å². The Balaban J connectivity index is 2.07. The first-order chi connectivity index (χ1) is 8.79. The minimum atomic E-state index is -0.350. The van der Waals surface area contributed by atoms with Crippen molar-refractivity contribution in [2.75, 3.05) is 0 Å². The number of rotatable bonds is 3. The molecule has 92 valence electrons. The molecule has 6 heteroatoms. The van der Waals surface area contributed by atoms with Crippen molar-refractivity contribution in [1.29, 1.82) is 0 Å². The second-order valence-corrected chi connectivity index (χ2v) is 5.86. The number of nitrogens with zero attached hydrogens (tertiary/aromatic N) is 1. The highest BCUT2D eigenvalue weighted by Crippen LogP contribution is 2.35. The second-order valence-electron chi connectivity index (χ2n) is 3.79. The average Bonchev–Trinajstić information content (AvgIpc) is 2.93. The summed E-state index contributed by atoms with van der Waals surface area (Å²) in [6.07, 6.45) is 2.77. The summed E-state index contributed by atoms with van der Waals surface area (Å²) in [6, 6.07) is 5.42. The lowest BCUT2D eigenvalue weighted by molar-refractivity contribution is 0.559. The molecule has 3 rings (SSSR count). The molecule has 0 fully saturated rings. The molecule has 3 nitrogen and oxygen atoms in total. The van der Waals surface area contributed by atoms with E-state index < -0.39 is 0 Å². The molecular formula is C12H10FN3S2. The first-order valence-corrected chi connectivity index (χ1v) is 7.01. The van der Waals surface area contributed by atoms with E-state index in [1.165, 1.54) is 15.6 Å². The molecule has 0 amide bonds. The van der Waals surface area contributed by atoms with E-state index in [1.807, 2.05) is 5.38 Å². The third kappa shape index (κ3) is 1.93. The molecular weight excluding hydrogens is 269 g/mol. The normalized spacial score (nSPS) is 13.0. The van der Waals surface area contributed by atoms with Gasteiger partial charge in [0.2, 0.25) is 0 Å². The lowest BCUT2D eigenvalue weighted by Crippen LogP contribution is -2.28. The summed E-state index contributed by atoms with van der Waals surface area (Å²) in [5.74, 6) is 5.22. The van der Waals surface area contributed by atoms with Crippen molar-refractivity contribution in [3.05, 3.63) is 52.2 Å². The fraction of sp³-hybridized carbons (Fsp3) is 0.0833. The minimum absolute atomic E-state index is 0.336. The largest absolute Gasteiger partial charge is 0.271 e. The van der Waals surface area contributed by atoms with E-state index in [0.29, 0.717) is 5.56 Å². The molecule has 3 aromatic rings. The van der Waals surface area contributed by atoms with Crippen LogP contribution in [0.3, 0.4) is 0 Å². The van der Waals surface area contributed by atoms with E-state index in [0.717, 1.165) is 4.88 Å². The third-order valence-corrected chi connectivity index (χ3v) is 4.88. The van der Waals surface area contributed by atoms with Crippen LogP contribution in [-0.2, 0) is 0 Å². The Morgan fingerprint density at radius 3 is 2.94 bits per heavy atom. The van der Waals surface area contributed by atoms with Gasteiger partial charge in [-0.25, -0.2) is 9.82 Å². The Labute approximate surface area is 111 Å². The fourth-order valence-corrected chi connectivity index (χ4v) is 4.07. The third-order valence-electron chi connectivity index (χ3n) is 2.72. The van der Waals surface area contributed by atoms with Gasteiger partial charge in [0, 0.05) is 26.0 Å². The molecule has 3 N–H and O–H groups in total. The summed E-state index contributed by atoms with van der Waals surface area (Å²) >= 11 is 3.29. The SMILES string of the molecule is NNC(c1cc2sccc2s1)c1ccncc1F. The predicted molar refractivity (Wildman–Crippen MR) is 73.1 cm³/mol. The van der Waals surface area contributed by atoms with Crippen LogP contribution in [0.15, 0.2) is 36.0 Å². The number of fused-ring (bicyclic) bond motifs is 1. The van der Waals surface area contributed by atoms with Gasteiger partial charge >= 0.3 is 0 Å². The molecule has 3 heterocycles. The number of aromatic nitrogens is 1. The van der Waals surface area contributed by atoms with Crippen molar-refractivity contribution < 1.29 is 4.39 Å². The maximum atomic E-state index is 13.7. The van der Waals surface area contributed by atoms with Crippen molar-refractivity contribution in [3.8, 4) is 0 Å². The average molecular weight is 279 g/mol. The highest BCUT2D eigenvalue weighted by atomic mass is 32.1. The molecule has 0 aliphatic heterocycles. The molecule has 0 saturated carbocycles. The number of nitrogens with one attached hydrogen (secondary N) is 1. The first kappa shape index (κ1) is 11.7. The number of hydrogen-bond acceptors (Lipinski definition) is 5. The monoisotopic (exact) mass is 279 g/mol. The molecule has 0 bridgehead atoms. The second kappa shape index (κ2) is 4.74. The summed E-state index contributed by atoms with van der Waals surface area (Å²) in [6.45, 7) is 0. The molecule has 1 atom stereocenters. The van der Waals surface area contributed by atoms with E-state index in [1.54, 1.807) is 34.9 Å². The van der Waals surface area contributed by atoms with Crippen molar-refractivity contribution in [2.45, 2.75) is 6.04 Å². The molecule has 0 saturated heterocycles. The summed E-state index contributed by atoms with van der Waals surface area (Å²) in [7, 11) is 0. The molecule has 0 aromatic carbocycles. The summed E-state index contributed by atoms with van der Waals surface area (Å²) in [4.78, 5) is 4.75. The van der Waals surface area contributed by atoms with Crippen molar-refractivity contribution >= 4 is 32.1 Å². The van der Waals surface area contributed by atoms with Crippen LogP contribution in [0.2, 0.25) is 0 Å². The Bertz CT molecular complexity index is 648. The highest BCUT2D eigenvalue weighted by Gasteiger charge is 2.19. The van der Waals surface area contributed by atoms with Crippen LogP contribution < -0.4 is 11.3 Å². The van der Waals surface area contributed by atoms with Crippen LogP contribution in [0.4, 0.5) is 4.39 Å². The zero-order valence-electron chi connectivity index (χ0n) is 9.26. The number of pyridine rings is 1. The van der Waals surface area contributed by atoms with Gasteiger partial charge in [0.25, 0.3) is 0 Å². The molecule has 0 radical (unpaired) electrons. The van der Waals surface area contributed by atoms with Crippen LogP contribution in [0.5, 0.6) is 0 Å². The van der Waals surface area contributed by atoms with Gasteiger partial charge in [-0.05, 0) is 23.6 Å². The van der Waals surface area contributed by atoms with Crippen molar-refractivity contribution in [1.82, 2.24) is 10.4 Å². The van der Waals surface area contributed by atoms with E-state index >= 15 is 0 Å². The minimum Gasteiger partial charge on any atom is -0.271 e. The summed E-state index contributed by atoms with van der Waals surface area (Å²) in [5.41, 5.74) is 3.19. The molecule has 0 spiro atoms. The Morgan fingerprint density at radius 2 is 2.22 bits per heavy atom. The number of nitrogens with two attached hydrogens (primary N) is 1.